The summed E-state index contributed by atoms with van der Waals surface area (Å²) >= 11 is 1.50. The van der Waals surface area contributed by atoms with Crippen molar-refractivity contribution in [2.45, 2.75) is 42.5 Å². The Morgan fingerprint density at radius 2 is 1.81 bits per heavy atom. The molecule has 2 fully saturated rings. The van der Waals surface area contributed by atoms with Crippen molar-refractivity contribution in [3.05, 3.63) is 60.2 Å². The third-order valence-corrected chi connectivity index (χ3v) is 6.43. The first kappa shape index (κ1) is 18.0. The minimum atomic E-state index is -2.70. The summed E-state index contributed by atoms with van der Waals surface area (Å²) in [6.07, 6.45) is 2.89. The molecule has 1 saturated carbocycles. The number of halogens is 2. The Kier molecular flexibility index (Phi) is 5.04. The summed E-state index contributed by atoms with van der Waals surface area (Å²) in [5, 5.41) is 0.513. The van der Waals surface area contributed by atoms with Crippen LogP contribution in [0.1, 0.15) is 18.4 Å². The predicted octanol–water partition coefficient (Wildman–Crippen LogP) is 4.61. The minimum Gasteiger partial charge on any atom is -0.295 e. The van der Waals surface area contributed by atoms with Crippen LogP contribution in [-0.4, -0.2) is 41.7 Å². The zero-order valence-corrected chi connectivity index (χ0v) is 15.7. The molecule has 0 bridgehead atoms. The first-order valence-corrected chi connectivity index (χ1v) is 10.0. The van der Waals surface area contributed by atoms with Gasteiger partial charge in [-0.3, -0.25) is 9.62 Å². The standard InChI is InChI=1S/C21H24F2N2S/c1-25-14-21(22,23)20(24-26-18-10-11-18)19(25)13-15-6-5-9-17(12-15)16-7-3-2-4-8-16/h2-9,12,18-20,24H,10-11,13-14H2,1H3. The fourth-order valence-electron chi connectivity index (χ4n) is 3.63. The molecule has 2 aliphatic rings. The summed E-state index contributed by atoms with van der Waals surface area (Å²) in [6, 6.07) is 17.4. The molecular weight excluding hydrogens is 350 g/mol. The van der Waals surface area contributed by atoms with Crippen LogP contribution in [0.4, 0.5) is 8.78 Å². The lowest BCUT2D eigenvalue weighted by Gasteiger charge is -2.26. The summed E-state index contributed by atoms with van der Waals surface area (Å²) in [5.74, 6) is -2.70. The number of nitrogens with zero attached hydrogens (tertiary/aromatic N) is 1. The van der Waals surface area contributed by atoms with Gasteiger partial charge in [0.2, 0.25) is 0 Å². The minimum absolute atomic E-state index is 0.182. The first-order chi connectivity index (χ1) is 12.5. The van der Waals surface area contributed by atoms with Gasteiger partial charge < -0.3 is 0 Å². The molecule has 2 atom stereocenters. The SMILES string of the molecule is CN1CC(F)(F)C(NSC2CC2)C1Cc1cccc(-c2ccccc2)c1. The number of alkyl halides is 2. The Bertz CT molecular complexity index is 749. The maximum atomic E-state index is 14.5. The van der Waals surface area contributed by atoms with Gasteiger partial charge in [0.15, 0.2) is 0 Å². The fourth-order valence-corrected chi connectivity index (χ4v) is 4.67. The quantitative estimate of drug-likeness (QED) is 0.743. The van der Waals surface area contributed by atoms with Crippen LogP contribution in [0, 0.1) is 0 Å². The summed E-state index contributed by atoms with van der Waals surface area (Å²) < 4.78 is 32.1. The van der Waals surface area contributed by atoms with Crippen LogP contribution < -0.4 is 4.72 Å². The van der Waals surface area contributed by atoms with Gasteiger partial charge in [-0.25, -0.2) is 8.78 Å². The smallest absolute Gasteiger partial charge is 0.277 e. The van der Waals surface area contributed by atoms with Gasteiger partial charge in [0, 0.05) is 11.3 Å². The molecule has 1 heterocycles. The zero-order valence-electron chi connectivity index (χ0n) is 14.9. The molecular formula is C21H24F2N2S. The van der Waals surface area contributed by atoms with Gasteiger partial charge in [0.25, 0.3) is 5.92 Å². The number of rotatable bonds is 6. The van der Waals surface area contributed by atoms with Crippen LogP contribution in [0.25, 0.3) is 11.1 Å². The predicted molar refractivity (Wildman–Crippen MR) is 104 cm³/mol. The maximum absolute atomic E-state index is 14.5. The number of hydrogen-bond acceptors (Lipinski definition) is 3. The molecule has 1 saturated heterocycles. The van der Waals surface area contributed by atoms with Crippen LogP contribution >= 0.6 is 11.9 Å². The van der Waals surface area contributed by atoms with Crippen molar-refractivity contribution in [3.63, 3.8) is 0 Å². The highest BCUT2D eigenvalue weighted by Gasteiger charge is 2.53. The van der Waals surface area contributed by atoms with E-state index in [1.807, 2.05) is 37.4 Å². The molecule has 26 heavy (non-hydrogen) atoms. The molecule has 2 aromatic rings. The average molecular weight is 375 g/mol. The molecule has 1 aliphatic heterocycles. The summed E-state index contributed by atoms with van der Waals surface area (Å²) in [7, 11) is 1.81. The number of hydrogen-bond donors (Lipinski definition) is 1. The van der Waals surface area contributed by atoms with Crippen molar-refractivity contribution >= 4 is 11.9 Å². The van der Waals surface area contributed by atoms with E-state index < -0.39 is 12.0 Å². The van der Waals surface area contributed by atoms with Crippen LogP contribution in [0.5, 0.6) is 0 Å². The Hall–Kier alpha value is -1.43. The molecule has 2 unspecified atom stereocenters. The summed E-state index contributed by atoms with van der Waals surface area (Å²) in [4.78, 5) is 1.81. The van der Waals surface area contributed by atoms with Crippen LogP contribution in [0.3, 0.4) is 0 Å². The molecule has 5 heteroatoms. The second-order valence-electron chi connectivity index (χ2n) is 7.43. The zero-order chi connectivity index (χ0) is 18.1. The van der Waals surface area contributed by atoms with Crippen molar-refractivity contribution in [3.8, 4) is 11.1 Å². The molecule has 138 valence electrons. The van der Waals surface area contributed by atoms with E-state index in [1.165, 1.54) is 11.9 Å². The van der Waals surface area contributed by atoms with E-state index in [9.17, 15) is 8.78 Å². The molecule has 0 radical (unpaired) electrons. The lowest BCUT2D eigenvalue weighted by Crippen LogP contribution is -2.47. The van der Waals surface area contributed by atoms with E-state index in [-0.39, 0.29) is 12.6 Å². The van der Waals surface area contributed by atoms with E-state index in [4.69, 9.17) is 0 Å². The molecule has 1 aliphatic carbocycles. The highest BCUT2D eigenvalue weighted by Crippen LogP contribution is 2.38. The molecule has 1 N–H and O–H groups in total. The number of nitrogens with one attached hydrogen (secondary N) is 1. The molecule has 4 rings (SSSR count). The van der Waals surface area contributed by atoms with E-state index in [0.29, 0.717) is 11.7 Å². The van der Waals surface area contributed by atoms with E-state index >= 15 is 0 Å². The van der Waals surface area contributed by atoms with E-state index in [1.54, 1.807) is 4.90 Å². The van der Waals surface area contributed by atoms with Crippen molar-refractivity contribution in [1.82, 2.24) is 9.62 Å². The van der Waals surface area contributed by atoms with Crippen LogP contribution in [0.15, 0.2) is 54.6 Å². The summed E-state index contributed by atoms with van der Waals surface area (Å²) in [6.45, 7) is -0.182. The fraction of sp³-hybridized carbons (Fsp3) is 0.429. The largest absolute Gasteiger partial charge is 0.295 e. The van der Waals surface area contributed by atoms with E-state index in [0.717, 1.165) is 29.5 Å². The Balaban J connectivity index is 1.52. The Morgan fingerprint density at radius 1 is 1.08 bits per heavy atom. The second-order valence-corrected chi connectivity index (χ2v) is 8.56. The van der Waals surface area contributed by atoms with Crippen molar-refractivity contribution in [2.24, 2.45) is 0 Å². The highest BCUT2D eigenvalue weighted by molar-refractivity contribution is 7.98. The normalized spacial score (nSPS) is 25.5. The van der Waals surface area contributed by atoms with Gasteiger partial charge in [-0.2, -0.15) is 0 Å². The first-order valence-electron chi connectivity index (χ1n) is 9.16. The Labute approximate surface area is 158 Å². The Morgan fingerprint density at radius 3 is 2.54 bits per heavy atom. The van der Waals surface area contributed by atoms with Crippen molar-refractivity contribution in [2.75, 3.05) is 13.6 Å². The van der Waals surface area contributed by atoms with Crippen LogP contribution in [-0.2, 0) is 6.42 Å². The average Bonchev–Trinajstić information content (AvgIpc) is 3.42. The van der Waals surface area contributed by atoms with Crippen molar-refractivity contribution < 1.29 is 8.78 Å². The second kappa shape index (κ2) is 7.29. The lowest BCUT2D eigenvalue weighted by atomic mass is 9.96. The number of likely N-dealkylation sites (N-methyl/N-ethyl adjacent to an activating group) is 1. The number of benzene rings is 2. The van der Waals surface area contributed by atoms with Gasteiger partial charge in [-0.05, 0) is 43.0 Å². The molecule has 0 amide bonds. The van der Waals surface area contributed by atoms with E-state index in [2.05, 4.69) is 29.0 Å². The molecule has 2 aromatic carbocycles. The molecule has 0 spiro atoms. The van der Waals surface area contributed by atoms with Gasteiger partial charge >= 0.3 is 0 Å². The van der Waals surface area contributed by atoms with Gasteiger partial charge in [-0.15, -0.1) is 0 Å². The highest BCUT2D eigenvalue weighted by atomic mass is 32.2. The van der Waals surface area contributed by atoms with Gasteiger partial charge in [0.05, 0.1) is 12.6 Å². The topological polar surface area (TPSA) is 15.3 Å². The third kappa shape index (κ3) is 3.95. The number of likely N-dealkylation sites (tertiary alicyclic amines) is 1. The van der Waals surface area contributed by atoms with Crippen molar-refractivity contribution in [1.29, 1.82) is 0 Å². The molecule has 2 nitrogen and oxygen atoms in total. The van der Waals surface area contributed by atoms with Gasteiger partial charge in [0.1, 0.15) is 0 Å². The van der Waals surface area contributed by atoms with Crippen LogP contribution in [0.2, 0.25) is 0 Å². The summed E-state index contributed by atoms with van der Waals surface area (Å²) in [5.41, 5.74) is 3.38. The monoisotopic (exact) mass is 374 g/mol. The van der Waals surface area contributed by atoms with Gasteiger partial charge in [-0.1, -0.05) is 66.5 Å². The molecule has 0 aromatic heterocycles. The third-order valence-electron chi connectivity index (χ3n) is 5.23. The lowest BCUT2D eigenvalue weighted by molar-refractivity contribution is -0.00424. The maximum Gasteiger partial charge on any atom is 0.277 e.